The van der Waals surface area contributed by atoms with E-state index in [1.165, 1.54) is 0 Å². The van der Waals surface area contributed by atoms with Gasteiger partial charge < -0.3 is 20.1 Å². The number of ether oxygens (including phenoxy) is 2. The highest BCUT2D eigenvalue weighted by Gasteiger charge is 2.15. The summed E-state index contributed by atoms with van der Waals surface area (Å²) < 4.78 is 10.5. The molecule has 0 saturated carbocycles. The summed E-state index contributed by atoms with van der Waals surface area (Å²) in [6.45, 7) is 0.548. The molecule has 0 spiro atoms. The fraction of sp³-hybridized carbons (Fsp3) is 0.176. The van der Waals surface area contributed by atoms with Crippen LogP contribution in [0.2, 0.25) is 5.02 Å². The molecule has 0 aliphatic carbocycles. The molecule has 2 aromatic carbocycles. The number of rotatable bonds is 4. The minimum atomic E-state index is -0.756. The summed E-state index contributed by atoms with van der Waals surface area (Å²) in [7, 11) is 0. The summed E-state index contributed by atoms with van der Waals surface area (Å²) in [4.78, 5) is 23.7. The van der Waals surface area contributed by atoms with Gasteiger partial charge in [-0.2, -0.15) is 0 Å². The van der Waals surface area contributed by atoms with Crippen molar-refractivity contribution in [1.29, 1.82) is 0 Å². The SMILES string of the molecule is O=C(NCCc1ccc2c(c1)OCO2)C(=O)Nc1ccccc1Cl. The summed E-state index contributed by atoms with van der Waals surface area (Å²) in [5.74, 6) is -0.0679. The van der Waals surface area contributed by atoms with Crippen molar-refractivity contribution in [2.75, 3.05) is 18.7 Å². The van der Waals surface area contributed by atoms with Crippen LogP contribution in [0.4, 0.5) is 5.69 Å². The zero-order valence-corrected chi connectivity index (χ0v) is 13.4. The molecule has 3 rings (SSSR count). The Kier molecular flexibility index (Phi) is 4.86. The van der Waals surface area contributed by atoms with Crippen LogP contribution in [0, 0.1) is 0 Å². The Labute approximate surface area is 143 Å². The molecule has 1 aliphatic heterocycles. The Morgan fingerprint density at radius 3 is 2.67 bits per heavy atom. The summed E-state index contributed by atoms with van der Waals surface area (Å²) in [6, 6.07) is 12.3. The van der Waals surface area contributed by atoms with Crippen molar-refractivity contribution in [2.45, 2.75) is 6.42 Å². The van der Waals surface area contributed by atoms with E-state index in [1.807, 2.05) is 18.2 Å². The van der Waals surface area contributed by atoms with Crippen LogP contribution in [0.1, 0.15) is 5.56 Å². The van der Waals surface area contributed by atoms with E-state index in [9.17, 15) is 9.59 Å². The smallest absolute Gasteiger partial charge is 0.313 e. The molecule has 0 bridgehead atoms. The second kappa shape index (κ2) is 7.23. The van der Waals surface area contributed by atoms with Gasteiger partial charge in [-0.25, -0.2) is 0 Å². The molecule has 2 N–H and O–H groups in total. The van der Waals surface area contributed by atoms with Gasteiger partial charge >= 0.3 is 11.8 Å². The van der Waals surface area contributed by atoms with Gasteiger partial charge in [0.05, 0.1) is 10.7 Å². The molecule has 1 heterocycles. The van der Waals surface area contributed by atoms with Gasteiger partial charge in [0.25, 0.3) is 0 Å². The third kappa shape index (κ3) is 3.78. The van der Waals surface area contributed by atoms with E-state index < -0.39 is 11.8 Å². The average molecular weight is 347 g/mol. The molecule has 2 amide bonds. The molecule has 0 radical (unpaired) electrons. The monoisotopic (exact) mass is 346 g/mol. The Morgan fingerprint density at radius 1 is 1.04 bits per heavy atom. The number of halogens is 1. The van der Waals surface area contributed by atoms with Crippen LogP contribution in [0.3, 0.4) is 0 Å². The number of nitrogens with one attached hydrogen (secondary N) is 2. The molecule has 2 aromatic rings. The van der Waals surface area contributed by atoms with E-state index in [0.717, 1.165) is 5.56 Å². The molecule has 0 atom stereocenters. The van der Waals surface area contributed by atoms with Gasteiger partial charge in [0.2, 0.25) is 6.79 Å². The number of hydrogen-bond donors (Lipinski definition) is 2. The van der Waals surface area contributed by atoms with E-state index in [1.54, 1.807) is 24.3 Å². The zero-order valence-electron chi connectivity index (χ0n) is 12.7. The number of amides is 2. The minimum Gasteiger partial charge on any atom is -0.454 e. The predicted molar refractivity (Wildman–Crippen MR) is 89.4 cm³/mol. The number of fused-ring (bicyclic) bond motifs is 1. The second-order valence-corrected chi connectivity index (χ2v) is 5.53. The first-order valence-electron chi connectivity index (χ1n) is 7.36. The molecule has 1 aliphatic rings. The Hall–Kier alpha value is -2.73. The lowest BCUT2D eigenvalue weighted by Crippen LogP contribution is -2.36. The van der Waals surface area contributed by atoms with E-state index in [4.69, 9.17) is 21.1 Å². The minimum absolute atomic E-state index is 0.220. The maximum absolute atomic E-state index is 11.8. The van der Waals surface area contributed by atoms with Gasteiger partial charge in [-0.1, -0.05) is 29.8 Å². The molecule has 124 valence electrons. The highest BCUT2D eigenvalue weighted by molar-refractivity contribution is 6.41. The Balaban J connectivity index is 1.48. The summed E-state index contributed by atoms with van der Waals surface area (Å²) in [6.07, 6.45) is 0.571. The van der Waals surface area contributed by atoms with E-state index >= 15 is 0 Å². The topological polar surface area (TPSA) is 76.7 Å². The third-order valence-electron chi connectivity index (χ3n) is 3.46. The lowest BCUT2D eigenvalue weighted by atomic mass is 10.1. The average Bonchev–Trinajstić information content (AvgIpc) is 3.04. The number of hydrogen-bond acceptors (Lipinski definition) is 4. The maximum Gasteiger partial charge on any atom is 0.313 e. The first-order chi connectivity index (χ1) is 11.6. The van der Waals surface area contributed by atoms with Gasteiger partial charge in [-0.05, 0) is 36.2 Å². The van der Waals surface area contributed by atoms with E-state index in [-0.39, 0.29) is 6.79 Å². The van der Waals surface area contributed by atoms with Crippen molar-refractivity contribution in [3.05, 3.63) is 53.1 Å². The standard InChI is InChI=1S/C17H15ClN2O4/c18-12-3-1-2-4-13(12)20-17(22)16(21)19-8-7-11-5-6-14-15(9-11)24-10-23-14/h1-6,9H,7-8,10H2,(H,19,21)(H,20,22). The quantitative estimate of drug-likeness (QED) is 0.833. The highest BCUT2D eigenvalue weighted by Crippen LogP contribution is 2.32. The Bertz CT molecular complexity index is 779. The van der Waals surface area contributed by atoms with Gasteiger partial charge in [-0.3, -0.25) is 9.59 Å². The van der Waals surface area contributed by atoms with Crippen LogP contribution in [0.25, 0.3) is 0 Å². The van der Waals surface area contributed by atoms with Gasteiger partial charge in [0, 0.05) is 6.54 Å². The number of carbonyl (C=O) groups is 2. The number of anilines is 1. The van der Waals surface area contributed by atoms with E-state index in [0.29, 0.717) is 35.2 Å². The van der Waals surface area contributed by atoms with Gasteiger partial charge in [-0.15, -0.1) is 0 Å². The predicted octanol–water partition coefficient (Wildman–Crippen LogP) is 2.37. The lowest BCUT2D eigenvalue weighted by Gasteiger charge is -2.08. The van der Waals surface area contributed by atoms with Crippen LogP contribution in [-0.4, -0.2) is 25.2 Å². The van der Waals surface area contributed by atoms with Gasteiger partial charge in [0.1, 0.15) is 0 Å². The first kappa shape index (κ1) is 16.1. The van der Waals surface area contributed by atoms with Crippen molar-refractivity contribution in [3.8, 4) is 11.5 Å². The van der Waals surface area contributed by atoms with Crippen LogP contribution < -0.4 is 20.1 Å². The molecule has 0 fully saturated rings. The molecule has 0 saturated heterocycles. The highest BCUT2D eigenvalue weighted by atomic mass is 35.5. The zero-order chi connectivity index (χ0) is 16.9. The fourth-order valence-corrected chi connectivity index (χ4v) is 2.42. The Morgan fingerprint density at radius 2 is 1.83 bits per heavy atom. The maximum atomic E-state index is 11.8. The summed E-state index contributed by atoms with van der Waals surface area (Å²) >= 11 is 5.94. The molecule has 6 nitrogen and oxygen atoms in total. The molecule has 24 heavy (non-hydrogen) atoms. The largest absolute Gasteiger partial charge is 0.454 e. The molecule has 0 unspecified atom stereocenters. The lowest BCUT2D eigenvalue weighted by molar-refractivity contribution is -0.136. The summed E-state index contributed by atoms with van der Waals surface area (Å²) in [5.41, 5.74) is 1.38. The van der Waals surface area contributed by atoms with Crippen molar-refractivity contribution in [3.63, 3.8) is 0 Å². The van der Waals surface area contributed by atoms with Crippen molar-refractivity contribution in [1.82, 2.24) is 5.32 Å². The van der Waals surface area contributed by atoms with Crippen molar-refractivity contribution >= 4 is 29.1 Å². The summed E-state index contributed by atoms with van der Waals surface area (Å²) in [5, 5.41) is 5.42. The van der Waals surface area contributed by atoms with Crippen LogP contribution in [0.15, 0.2) is 42.5 Å². The van der Waals surface area contributed by atoms with Crippen molar-refractivity contribution in [2.24, 2.45) is 0 Å². The number of para-hydroxylation sites is 1. The molecular weight excluding hydrogens is 332 g/mol. The first-order valence-corrected chi connectivity index (χ1v) is 7.73. The van der Waals surface area contributed by atoms with E-state index in [2.05, 4.69) is 10.6 Å². The van der Waals surface area contributed by atoms with Crippen LogP contribution in [-0.2, 0) is 16.0 Å². The van der Waals surface area contributed by atoms with Crippen LogP contribution >= 0.6 is 11.6 Å². The third-order valence-corrected chi connectivity index (χ3v) is 3.79. The molecular formula is C17H15ClN2O4. The molecule has 7 heteroatoms. The number of carbonyl (C=O) groups excluding carboxylic acids is 2. The normalized spacial score (nSPS) is 11.9. The number of benzene rings is 2. The second-order valence-electron chi connectivity index (χ2n) is 5.13. The van der Waals surface area contributed by atoms with Crippen molar-refractivity contribution < 1.29 is 19.1 Å². The van der Waals surface area contributed by atoms with Gasteiger partial charge in [0.15, 0.2) is 11.5 Å². The fourth-order valence-electron chi connectivity index (χ4n) is 2.24. The molecule has 0 aromatic heterocycles. The van der Waals surface area contributed by atoms with Crippen LogP contribution in [0.5, 0.6) is 11.5 Å².